The third-order valence-corrected chi connectivity index (χ3v) is 3.37. The van der Waals surface area contributed by atoms with Crippen molar-refractivity contribution in [2.45, 2.75) is 65.2 Å². The van der Waals surface area contributed by atoms with Crippen LogP contribution in [0, 0.1) is 0 Å². The number of ether oxygens (including phenoxy) is 1. The lowest BCUT2D eigenvalue weighted by molar-refractivity contribution is -0.137. The van der Waals surface area contributed by atoms with Crippen molar-refractivity contribution in [3.8, 4) is 0 Å². The molecule has 24 heavy (non-hydrogen) atoms. The van der Waals surface area contributed by atoms with Crippen molar-refractivity contribution in [1.29, 1.82) is 0 Å². The summed E-state index contributed by atoms with van der Waals surface area (Å²) in [5.41, 5.74) is 0. The fourth-order valence-electron chi connectivity index (χ4n) is 2.07. The highest BCUT2D eigenvalue weighted by atomic mass is 16.5. The van der Waals surface area contributed by atoms with Gasteiger partial charge in [0, 0.05) is 6.08 Å². The second kappa shape index (κ2) is 19.2. The number of hydrogen-bond donors (Lipinski definition) is 0. The highest BCUT2D eigenvalue weighted by molar-refractivity contribution is 5.82. The summed E-state index contributed by atoms with van der Waals surface area (Å²) in [6.45, 7) is 4.45. The first-order valence-electron chi connectivity index (χ1n) is 9.29. The van der Waals surface area contributed by atoms with E-state index in [0.717, 1.165) is 6.42 Å². The van der Waals surface area contributed by atoms with Gasteiger partial charge < -0.3 is 4.74 Å². The van der Waals surface area contributed by atoms with E-state index in [2.05, 4.69) is 25.2 Å². The molecule has 0 saturated heterocycles. The predicted molar refractivity (Wildman–Crippen MR) is 105 cm³/mol. The van der Waals surface area contributed by atoms with Gasteiger partial charge in [0.05, 0.1) is 6.61 Å². The minimum Gasteiger partial charge on any atom is -0.463 e. The van der Waals surface area contributed by atoms with Crippen LogP contribution >= 0.6 is 0 Å². The van der Waals surface area contributed by atoms with E-state index in [0.29, 0.717) is 6.61 Å². The molecule has 0 unspecified atom stereocenters. The number of esters is 1. The lowest BCUT2D eigenvalue weighted by Gasteiger charge is -1.97. The molecule has 0 N–H and O–H groups in total. The second-order valence-corrected chi connectivity index (χ2v) is 5.57. The molecule has 0 saturated carbocycles. The van der Waals surface area contributed by atoms with E-state index in [1.807, 2.05) is 30.4 Å². The van der Waals surface area contributed by atoms with E-state index in [1.54, 1.807) is 13.0 Å². The van der Waals surface area contributed by atoms with Gasteiger partial charge in [-0.15, -0.1) is 0 Å². The van der Waals surface area contributed by atoms with Crippen molar-refractivity contribution in [1.82, 2.24) is 0 Å². The molecule has 0 aliphatic rings. The highest BCUT2D eigenvalue weighted by Crippen LogP contribution is 2.07. The minimum atomic E-state index is -0.307. The van der Waals surface area contributed by atoms with Crippen LogP contribution in [0.2, 0.25) is 0 Å². The summed E-state index contributed by atoms with van der Waals surface area (Å²) in [6, 6.07) is 0. The number of rotatable bonds is 14. The van der Waals surface area contributed by atoms with Gasteiger partial charge in [-0.2, -0.15) is 0 Å². The van der Waals surface area contributed by atoms with Crippen LogP contribution < -0.4 is 0 Å². The average Bonchev–Trinajstić information content (AvgIpc) is 2.58. The Balaban J connectivity index is 3.57. The van der Waals surface area contributed by atoms with Gasteiger partial charge >= 0.3 is 5.97 Å². The molecular weight excluding hydrogens is 296 g/mol. The third-order valence-electron chi connectivity index (χ3n) is 3.37. The minimum absolute atomic E-state index is 0.307. The molecule has 0 amide bonds. The number of unbranched alkanes of at least 4 members (excludes halogenated alkanes) is 6. The van der Waals surface area contributed by atoms with E-state index in [9.17, 15) is 4.79 Å². The van der Waals surface area contributed by atoms with Crippen molar-refractivity contribution in [3.05, 3.63) is 60.8 Å². The lowest BCUT2D eigenvalue weighted by atomic mass is 10.1. The van der Waals surface area contributed by atoms with Gasteiger partial charge in [0.1, 0.15) is 0 Å². The lowest BCUT2D eigenvalue weighted by Crippen LogP contribution is -1.98. The molecule has 0 aromatic rings. The van der Waals surface area contributed by atoms with E-state index in [1.165, 1.54) is 51.0 Å². The van der Waals surface area contributed by atoms with Gasteiger partial charge in [-0.05, 0) is 26.2 Å². The van der Waals surface area contributed by atoms with Crippen LogP contribution in [0.5, 0.6) is 0 Å². The van der Waals surface area contributed by atoms with Crippen LogP contribution in [0.3, 0.4) is 0 Å². The Hall–Kier alpha value is -1.83. The molecule has 0 fully saturated rings. The van der Waals surface area contributed by atoms with Crippen molar-refractivity contribution in [2.75, 3.05) is 6.61 Å². The second-order valence-electron chi connectivity index (χ2n) is 5.57. The number of allylic oxidation sites excluding steroid dienone is 9. The molecule has 2 nitrogen and oxygen atoms in total. The summed E-state index contributed by atoms with van der Waals surface area (Å²) in [6.07, 6.45) is 29.7. The molecule has 2 heteroatoms. The van der Waals surface area contributed by atoms with Gasteiger partial charge in [-0.1, -0.05) is 93.7 Å². The smallest absolute Gasteiger partial charge is 0.330 e. The molecule has 0 rings (SSSR count). The van der Waals surface area contributed by atoms with E-state index < -0.39 is 0 Å². The van der Waals surface area contributed by atoms with E-state index >= 15 is 0 Å². The molecule has 0 aromatic carbocycles. The van der Waals surface area contributed by atoms with Crippen molar-refractivity contribution >= 4 is 5.97 Å². The zero-order valence-electron chi connectivity index (χ0n) is 15.5. The molecule has 0 atom stereocenters. The molecule has 0 aromatic heterocycles. The molecule has 0 spiro atoms. The Bertz CT molecular complexity index is 425. The number of hydrogen-bond acceptors (Lipinski definition) is 2. The first-order chi connectivity index (χ1) is 11.8. The summed E-state index contributed by atoms with van der Waals surface area (Å²) in [7, 11) is 0. The molecule has 0 radical (unpaired) electrons. The fraction of sp³-hybridized carbons (Fsp3) is 0.500. The summed E-state index contributed by atoms with van der Waals surface area (Å²) in [4.78, 5) is 11.0. The van der Waals surface area contributed by atoms with Gasteiger partial charge in [0.15, 0.2) is 0 Å². The molecule has 0 aliphatic carbocycles. The Morgan fingerprint density at radius 2 is 1.42 bits per heavy atom. The summed E-state index contributed by atoms with van der Waals surface area (Å²) in [5.74, 6) is -0.307. The van der Waals surface area contributed by atoms with Gasteiger partial charge in [0.25, 0.3) is 0 Å². The van der Waals surface area contributed by atoms with Crippen LogP contribution in [0.1, 0.15) is 65.2 Å². The molecule has 134 valence electrons. The SMILES string of the molecule is CCCCCCCCC=CCC=CC=CC=CC=CC(=O)OCC. The van der Waals surface area contributed by atoms with Crippen molar-refractivity contribution in [3.63, 3.8) is 0 Å². The van der Waals surface area contributed by atoms with Crippen molar-refractivity contribution < 1.29 is 9.53 Å². The summed E-state index contributed by atoms with van der Waals surface area (Å²) in [5, 5.41) is 0. The maximum absolute atomic E-state index is 11.0. The molecule has 0 heterocycles. The molecule has 0 aliphatic heterocycles. The molecular formula is C22H34O2. The van der Waals surface area contributed by atoms with Crippen LogP contribution in [0.25, 0.3) is 0 Å². The Kier molecular flexibility index (Phi) is 17.8. The Morgan fingerprint density at radius 1 is 0.750 bits per heavy atom. The van der Waals surface area contributed by atoms with Crippen LogP contribution in [-0.4, -0.2) is 12.6 Å². The average molecular weight is 331 g/mol. The first-order valence-corrected chi connectivity index (χ1v) is 9.29. The van der Waals surface area contributed by atoms with E-state index in [-0.39, 0.29) is 5.97 Å². The Labute approximate surface area is 148 Å². The van der Waals surface area contributed by atoms with Gasteiger partial charge in [-0.25, -0.2) is 4.79 Å². The number of carbonyl (C=O) groups excluding carboxylic acids is 1. The standard InChI is InChI=1S/C22H34O2/c1-3-5-6-7-8-9-10-11-12-13-14-15-16-17-18-19-20-21-22(23)24-4-2/h11-12,14-21H,3-10,13H2,1-2H3. The topological polar surface area (TPSA) is 26.3 Å². The Morgan fingerprint density at radius 3 is 2.17 bits per heavy atom. The largest absolute Gasteiger partial charge is 0.463 e. The number of carbonyl (C=O) groups is 1. The van der Waals surface area contributed by atoms with Gasteiger partial charge in [-0.3, -0.25) is 0 Å². The highest BCUT2D eigenvalue weighted by Gasteiger charge is 1.89. The third kappa shape index (κ3) is 18.2. The predicted octanol–water partition coefficient (Wildman–Crippen LogP) is 6.47. The molecule has 0 bridgehead atoms. The summed E-state index contributed by atoms with van der Waals surface area (Å²) >= 11 is 0. The monoisotopic (exact) mass is 330 g/mol. The van der Waals surface area contributed by atoms with Crippen LogP contribution in [0.15, 0.2) is 60.8 Å². The maximum atomic E-state index is 11.0. The normalized spacial score (nSPS) is 12.6. The maximum Gasteiger partial charge on any atom is 0.330 e. The zero-order valence-corrected chi connectivity index (χ0v) is 15.5. The zero-order chi connectivity index (χ0) is 17.7. The van der Waals surface area contributed by atoms with E-state index in [4.69, 9.17) is 4.74 Å². The first kappa shape index (κ1) is 22.2. The fourth-order valence-corrected chi connectivity index (χ4v) is 2.07. The van der Waals surface area contributed by atoms with Crippen LogP contribution in [0.4, 0.5) is 0 Å². The van der Waals surface area contributed by atoms with Crippen LogP contribution in [-0.2, 0) is 9.53 Å². The van der Waals surface area contributed by atoms with Crippen molar-refractivity contribution in [2.24, 2.45) is 0 Å². The summed E-state index contributed by atoms with van der Waals surface area (Å²) < 4.78 is 4.78. The van der Waals surface area contributed by atoms with Gasteiger partial charge in [0.2, 0.25) is 0 Å². The quantitative estimate of drug-likeness (QED) is 0.120.